The van der Waals surface area contributed by atoms with Gasteiger partial charge in [0.1, 0.15) is 0 Å². The number of hydrogen-bond acceptors (Lipinski definition) is 3. The highest BCUT2D eigenvalue weighted by Crippen LogP contribution is 2.30. The van der Waals surface area contributed by atoms with Gasteiger partial charge in [-0.3, -0.25) is 4.79 Å². The third kappa shape index (κ3) is 5.23. The van der Waals surface area contributed by atoms with Crippen molar-refractivity contribution in [2.75, 3.05) is 20.1 Å². The summed E-state index contributed by atoms with van der Waals surface area (Å²) in [5, 5.41) is 4.11. The molecule has 0 aliphatic rings. The molecule has 1 heterocycles. The number of alkyl halides is 3. The predicted octanol–water partition coefficient (Wildman–Crippen LogP) is 3.68. The molecule has 27 heavy (non-hydrogen) atoms. The Morgan fingerprint density at radius 3 is 2.48 bits per heavy atom. The van der Waals surface area contributed by atoms with Gasteiger partial charge in [0, 0.05) is 13.6 Å². The van der Waals surface area contributed by atoms with Crippen molar-refractivity contribution in [3.8, 4) is 5.69 Å². The maximum atomic E-state index is 12.9. The summed E-state index contributed by atoms with van der Waals surface area (Å²) in [5.41, 5.74) is 5.78. The summed E-state index contributed by atoms with van der Waals surface area (Å²) in [6.07, 6.45) is -3.06. The molecule has 0 spiro atoms. The van der Waals surface area contributed by atoms with Crippen molar-refractivity contribution in [3.63, 3.8) is 0 Å². The molecule has 0 bridgehead atoms. The Hall–Kier alpha value is -2.06. The first-order valence-corrected chi connectivity index (χ1v) is 8.14. The zero-order valence-corrected chi connectivity index (χ0v) is 16.5. The molecule has 0 fully saturated rings. The van der Waals surface area contributed by atoms with Crippen LogP contribution in [0.15, 0.2) is 30.5 Å². The molecule has 2 rings (SSSR count). The number of rotatable bonds is 5. The standard InChI is InChI=1S/C18H23F3N4O.ClH/c1-12-15(16(26)24(4)11-17(2,3)10-22)9-23-25(12)14-7-5-6-13(8-14)18(19,20)21;/h5-9H,10-11,22H2,1-4H3;1H. The van der Waals surface area contributed by atoms with Crippen LogP contribution in [0.25, 0.3) is 5.69 Å². The number of carbonyl (C=O) groups is 1. The van der Waals surface area contributed by atoms with Crippen molar-refractivity contribution >= 4 is 18.3 Å². The molecule has 0 saturated heterocycles. The third-order valence-corrected chi connectivity index (χ3v) is 4.22. The number of benzene rings is 1. The lowest BCUT2D eigenvalue weighted by Gasteiger charge is -2.29. The fourth-order valence-electron chi connectivity index (χ4n) is 2.68. The van der Waals surface area contributed by atoms with E-state index in [2.05, 4.69) is 5.10 Å². The van der Waals surface area contributed by atoms with E-state index in [0.29, 0.717) is 24.3 Å². The molecule has 2 N–H and O–H groups in total. The van der Waals surface area contributed by atoms with Crippen LogP contribution in [-0.4, -0.2) is 40.7 Å². The Bertz CT molecular complexity index is 802. The lowest BCUT2D eigenvalue weighted by atomic mass is 9.93. The Kier molecular flexibility index (Phi) is 7.07. The minimum Gasteiger partial charge on any atom is -0.341 e. The second kappa shape index (κ2) is 8.31. The van der Waals surface area contributed by atoms with Gasteiger partial charge in [0.15, 0.2) is 0 Å². The van der Waals surface area contributed by atoms with Crippen molar-refractivity contribution in [1.29, 1.82) is 0 Å². The zero-order valence-electron chi connectivity index (χ0n) is 15.7. The Labute approximate surface area is 162 Å². The molecular weight excluding hydrogens is 381 g/mol. The van der Waals surface area contributed by atoms with Crippen LogP contribution in [0.2, 0.25) is 0 Å². The smallest absolute Gasteiger partial charge is 0.341 e. The first-order valence-electron chi connectivity index (χ1n) is 8.14. The van der Waals surface area contributed by atoms with Gasteiger partial charge >= 0.3 is 6.18 Å². The molecule has 0 unspecified atom stereocenters. The first kappa shape index (κ1) is 23.0. The highest BCUT2D eigenvalue weighted by molar-refractivity contribution is 5.95. The van der Waals surface area contributed by atoms with E-state index in [-0.39, 0.29) is 29.4 Å². The molecule has 0 radical (unpaired) electrons. The van der Waals surface area contributed by atoms with Gasteiger partial charge in [0.25, 0.3) is 5.91 Å². The Morgan fingerprint density at radius 1 is 1.30 bits per heavy atom. The normalized spacial score (nSPS) is 11.9. The molecule has 1 aromatic heterocycles. The van der Waals surface area contributed by atoms with Crippen LogP contribution in [0.3, 0.4) is 0 Å². The van der Waals surface area contributed by atoms with Gasteiger partial charge in [-0.1, -0.05) is 19.9 Å². The van der Waals surface area contributed by atoms with Crippen molar-refractivity contribution in [2.45, 2.75) is 26.9 Å². The van der Waals surface area contributed by atoms with Gasteiger partial charge in [-0.2, -0.15) is 18.3 Å². The fraction of sp³-hybridized carbons (Fsp3) is 0.444. The van der Waals surface area contributed by atoms with E-state index in [9.17, 15) is 18.0 Å². The molecule has 1 amide bonds. The summed E-state index contributed by atoms with van der Waals surface area (Å²) in [6.45, 7) is 6.44. The quantitative estimate of drug-likeness (QED) is 0.826. The summed E-state index contributed by atoms with van der Waals surface area (Å²) in [7, 11) is 1.67. The van der Waals surface area contributed by atoms with E-state index < -0.39 is 11.7 Å². The van der Waals surface area contributed by atoms with Crippen LogP contribution >= 0.6 is 12.4 Å². The number of nitrogens with zero attached hydrogens (tertiary/aromatic N) is 3. The monoisotopic (exact) mass is 404 g/mol. The van der Waals surface area contributed by atoms with Crippen molar-refractivity contribution in [2.24, 2.45) is 11.1 Å². The maximum absolute atomic E-state index is 12.9. The maximum Gasteiger partial charge on any atom is 0.416 e. The van der Waals surface area contributed by atoms with E-state index in [1.54, 1.807) is 18.9 Å². The predicted molar refractivity (Wildman–Crippen MR) is 100 cm³/mol. The largest absolute Gasteiger partial charge is 0.416 e. The number of hydrogen-bond donors (Lipinski definition) is 1. The third-order valence-electron chi connectivity index (χ3n) is 4.22. The highest BCUT2D eigenvalue weighted by Gasteiger charge is 2.31. The SMILES string of the molecule is Cc1c(C(=O)N(C)CC(C)(C)CN)cnn1-c1cccc(C(F)(F)F)c1.Cl. The van der Waals surface area contributed by atoms with Crippen LogP contribution in [0, 0.1) is 12.3 Å². The summed E-state index contributed by atoms with van der Waals surface area (Å²) in [6, 6.07) is 4.84. The number of amides is 1. The van der Waals surface area contributed by atoms with Crippen LogP contribution in [-0.2, 0) is 6.18 Å². The molecule has 0 aliphatic heterocycles. The highest BCUT2D eigenvalue weighted by atomic mass is 35.5. The lowest BCUT2D eigenvalue weighted by Crippen LogP contribution is -2.39. The molecule has 9 heteroatoms. The first-order chi connectivity index (χ1) is 12.0. The van der Waals surface area contributed by atoms with Crippen LogP contribution < -0.4 is 5.73 Å². The van der Waals surface area contributed by atoms with Crippen LogP contribution in [0.5, 0.6) is 0 Å². The minimum absolute atomic E-state index is 0. The van der Waals surface area contributed by atoms with E-state index >= 15 is 0 Å². The Morgan fingerprint density at radius 2 is 1.93 bits per heavy atom. The topological polar surface area (TPSA) is 64.2 Å². The fourth-order valence-corrected chi connectivity index (χ4v) is 2.68. The Balaban J connectivity index is 0.00000364. The van der Waals surface area contributed by atoms with Crippen molar-refractivity contribution < 1.29 is 18.0 Å². The van der Waals surface area contributed by atoms with E-state index in [0.717, 1.165) is 12.1 Å². The van der Waals surface area contributed by atoms with Crippen molar-refractivity contribution in [3.05, 3.63) is 47.3 Å². The van der Waals surface area contributed by atoms with Gasteiger partial charge in [0.2, 0.25) is 0 Å². The summed E-state index contributed by atoms with van der Waals surface area (Å²) in [5.74, 6) is -0.248. The average Bonchev–Trinajstić information content (AvgIpc) is 2.94. The molecule has 150 valence electrons. The number of nitrogens with two attached hydrogens (primary N) is 1. The molecular formula is C18H24ClF3N4O. The van der Waals surface area contributed by atoms with Gasteiger partial charge in [0.05, 0.1) is 28.7 Å². The van der Waals surface area contributed by atoms with Crippen LogP contribution in [0.1, 0.15) is 35.5 Å². The summed E-state index contributed by atoms with van der Waals surface area (Å²) >= 11 is 0. The molecule has 5 nitrogen and oxygen atoms in total. The number of aromatic nitrogens is 2. The summed E-state index contributed by atoms with van der Waals surface area (Å²) < 4.78 is 40.1. The number of carbonyl (C=O) groups excluding carboxylic acids is 1. The molecule has 0 saturated carbocycles. The molecule has 0 atom stereocenters. The zero-order chi connectivity index (χ0) is 19.7. The number of halogens is 4. The van der Waals surface area contributed by atoms with E-state index in [4.69, 9.17) is 5.73 Å². The van der Waals surface area contributed by atoms with Gasteiger partial charge < -0.3 is 10.6 Å². The van der Waals surface area contributed by atoms with E-state index in [1.807, 2.05) is 13.8 Å². The minimum atomic E-state index is -4.44. The van der Waals surface area contributed by atoms with Gasteiger partial charge in [-0.15, -0.1) is 12.4 Å². The van der Waals surface area contributed by atoms with Crippen molar-refractivity contribution in [1.82, 2.24) is 14.7 Å². The molecule has 1 aromatic carbocycles. The van der Waals surface area contributed by atoms with Crippen LogP contribution in [0.4, 0.5) is 13.2 Å². The second-order valence-electron chi connectivity index (χ2n) is 7.13. The van der Waals surface area contributed by atoms with E-state index in [1.165, 1.54) is 23.0 Å². The molecule has 2 aromatic rings. The van der Waals surface area contributed by atoms with Gasteiger partial charge in [-0.05, 0) is 37.1 Å². The summed E-state index contributed by atoms with van der Waals surface area (Å²) in [4.78, 5) is 14.2. The van der Waals surface area contributed by atoms with Gasteiger partial charge in [-0.25, -0.2) is 4.68 Å². The lowest BCUT2D eigenvalue weighted by molar-refractivity contribution is -0.137. The second-order valence-corrected chi connectivity index (χ2v) is 7.13. The average molecular weight is 405 g/mol. The molecule has 0 aliphatic carbocycles.